The van der Waals surface area contributed by atoms with E-state index in [1.54, 1.807) is 6.92 Å². The van der Waals surface area contributed by atoms with Crippen LogP contribution in [0.25, 0.3) is 0 Å². The van der Waals surface area contributed by atoms with Gasteiger partial charge in [-0.1, -0.05) is 12.1 Å². The molecule has 5 nitrogen and oxygen atoms in total. The molecule has 1 aromatic heterocycles. The van der Waals surface area contributed by atoms with Gasteiger partial charge in [-0.05, 0) is 19.9 Å². The van der Waals surface area contributed by atoms with Crippen molar-refractivity contribution in [2.75, 3.05) is 0 Å². The van der Waals surface area contributed by atoms with Gasteiger partial charge in [-0.25, -0.2) is 8.78 Å². The Morgan fingerprint density at radius 2 is 1.96 bits per heavy atom. The van der Waals surface area contributed by atoms with Gasteiger partial charge >= 0.3 is 0 Å². The van der Waals surface area contributed by atoms with Crippen molar-refractivity contribution in [3.05, 3.63) is 68.6 Å². The molecular weight excluding hydrogens is 306 g/mol. The molecule has 120 valence electrons. The summed E-state index contributed by atoms with van der Waals surface area (Å²) in [5.41, 5.74) is -0.762. The van der Waals surface area contributed by atoms with Crippen molar-refractivity contribution in [2.45, 2.75) is 20.4 Å². The minimum absolute atomic E-state index is 0.0475. The normalized spacial score (nSPS) is 10.4. The fourth-order valence-corrected chi connectivity index (χ4v) is 2.17. The number of aromatic amines is 1. The zero-order valence-corrected chi connectivity index (χ0v) is 12.5. The van der Waals surface area contributed by atoms with E-state index in [0.717, 1.165) is 6.07 Å². The highest BCUT2D eigenvalue weighted by molar-refractivity contribution is 5.99. The molecule has 0 aliphatic carbocycles. The number of ketones is 1. The number of hydrogen-bond acceptors (Lipinski definition) is 3. The predicted molar refractivity (Wildman–Crippen MR) is 79.3 cm³/mol. The second-order valence-corrected chi connectivity index (χ2v) is 4.98. The van der Waals surface area contributed by atoms with E-state index in [2.05, 4.69) is 10.3 Å². The number of halogens is 2. The average Bonchev–Trinajstić information content (AvgIpc) is 2.48. The number of rotatable bonds is 4. The highest BCUT2D eigenvalue weighted by atomic mass is 19.2. The van der Waals surface area contributed by atoms with Crippen molar-refractivity contribution >= 4 is 11.7 Å². The Bertz CT molecular complexity index is 844. The van der Waals surface area contributed by atoms with Crippen molar-refractivity contribution in [3.8, 4) is 0 Å². The standard InChI is InChI=1S/C16H14F2N2O3/c1-8-13(9(2)21)15(22)11(7-19-8)16(23)20-6-10-4-3-5-12(17)14(10)18/h3-5,7H,6H2,1-2H3,(H,19,22)(H,20,23). The molecule has 1 aromatic carbocycles. The summed E-state index contributed by atoms with van der Waals surface area (Å²) in [5, 5.41) is 2.33. The summed E-state index contributed by atoms with van der Waals surface area (Å²) in [4.78, 5) is 38.4. The summed E-state index contributed by atoms with van der Waals surface area (Å²) >= 11 is 0. The van der Waals surface area contributed by atoms with Gasteiger partial charge in [0.25, 0.3) is 5.91 Å². The Balaban J connectivity index is 2.25. The van der Waals surface area contributed by atoms with Crippen molar-refractivity contribution < 1.29 is 18.4 Å². The topological polar surface area (TPSA) is 79.0 Å². The first-order valence-electron chi connectivity index (χ1n) is 6.77. The number of benzene rings is 1. The minimum Gasteiger partial charge on any atom is -0.364 e. The first-order chi connectivity index (χ1) is 10.8. The summed E-state index contributed by atoms with van der Waals surface area (Å²) in [6.07, 6.45) is 1.18. The van der Waals surface area contributed by atoms with E-state index in [0.29, 0.717) is 5.69 Å². The lowest BCUT2D eigenvalue weighted by Gasteiger charge is -2.08. The van der Waals surface area contributed by atoms with Crippen LogP contribution in [0.5, 0.6) is 0 Å². The Morgan fingerprint density at radius 1 is 1.26 bits per heavy atom. The van der Waals surface area contributed by atoms with Crippen LogP contribution in [0.1, 0.15) is 38.9 Å². The summed E-state index contributed by atoms with van der Waals surface area (Å²) in [7, 11) is 0. The fourth-order valence-electron chi connectivity index (χ4n) is 2.17. The maximum atomic E-state index is 13.5. The van der Waals surface area contributed by atoms with Gasteiger partial charge in [-0.2, -0.15) is 0 Å². The minimum atomic E-state index is -1.06. The Hall–Kier alpha value is -2.83. The molecule has 2 aromatic rings. The Kier molecular flexibility index (Phi) is 4.68. The summed E-state index contributed by atoms with van der Waals surface area (Å²) in [6, 6.07) is 3.59. The van der Waals surface area contributed by atoms with Crippen LogP contribution in [0, 0.1) is 18.6 Å². The molecule has 0 saturated carbocycles. The number of hydrogen-bond donors (Lipinski definition) is 2. The van der Waals surface area contributed by atoms with Crippen LogP contribution < -0.4 is 10.7 Å². The monoisotopic (exact) mass is 320 g/mol. The Morgan fingerprint density at radius 3 is 2.61 bits per heavy atom. The molecule has 7 heteroatoms. The molecule has 23 heavy (non-hydrogen) atoms. The van der Waals surface area contributed by atoms with Gasteiger partial charge in [-0.15, -0.1) is 0 Å². The van der Waals surface area contributed by atoms with Crippen molar-refractivity contribution in [1.29, 1.82) is 0 Å². The third-order valence-electron chi connectivity index (χ3n) is 3.35. The lowest BCUT2D eigenvalue weighted by Crippen LogP contribution is -2.31. The van der Waals surface area contributed by atoms with E-state index < -0.39 is 28.8 Å². The molecule has 0 saturated heterocycles. The van der Waals surface area contributed by atoms with Gasteiger partial charge in [0.1, 0.15) is 5.56 Å². The number of amides is 1. The van der Waals surface area contributed by atoms with Crippen molar-refractivity contribution in [1.82, 2.24) is 10.3 Å². The molecule has 0 aliphatic rings. The first-order valence-corrected chi connectivity index (χ1v) is 6.77. The zero-order valence-electron chi connectivity index (χ0n) is 12.5. The molecule has 0 aliphatic heterocycles. The van der Waals surface area contributed by atoms with E-state index in [1.807, 2.05) is 0 Å². The summed E-state index contributed by atoms with van der Waals surface area (Å²) in [5.74, 6) is -3.33. The molecule has 1 amide bonds. The smallest absolute Gasteiger partial charge is 0.257 e. The van der Waals surface area contributed by atoms with Crippen LogP contribution in [0.15, 0.2) is 29.2 Å². The third-order valence-corrected chi connectivity index (χ3v) is 3.35. The first kappa shape index (κ1) is 16.5. The summed E-state index contributed by atoms with van der Waals surface area (Å²) < 4.78 is 26.6. The predicted octanol–water partition coefficient (Wildman–Crippen LogP) is 2.09. The van der Waals surface area contributed by atoms with Crippen LogP contribution in [-0.2, 0) is 6.54 Å². The van der Waals surface area contributed by atoms with Gasteiger partial charge in [0.2, 0.25) is 5.43 Å². The maximum absolute atomic E-state index is 13.5. The van der Waals surface area contributed by atoms with Crippen LogP contribution in [-0.4, -0.2) is 16.7 Å². The molecule has 2 rings (SSSR count). The quantitative estimate of drug-likeness (QED) is 0.847. The van der Waals surface area contributed by atoms with Crippen LogP contribution in [0.2, 0.25) is 0 Å². The van der Waals surface area contributed by atoms with E-state index in [-0.39, 0.29) is 23.2 Å². The second-order valence-electron chi connectivity index (χ2n) is 4.98. The SMILES string of the molecule is CC(=O)c1c(C)[nH]cc(C(=O)NCc2cccc(F)c2F)c1=O. The number of pyridine rings is 1. The van der Waals surface area contributed by atoms with E-state index in [1.165, 1.54) is 25.3 Å². The van der Waals surface area contributed by atoms with Crippen molar-refractivity contribution in [2.24, 2.45) is 0 Å². The molecule has 0 bridgehead atoms. The number of carbonyl (C=O) groups excluding carboxylic acids is 2. The number of Topliss-reactive ketones (excluding diaryl/α,β-unsaturated/α-hetero) is 1. The fraction of sp³-hybridized carbons (Fsp3) is 0.188. The molecule has 0 radical (unpaired) electrons. The molecular formula is C16H14F2N2O3. The highest BCUT2D eigenvalue weighted by Gasteiger charge is 2.18. The molecule has 0 atom stereocenters. The van der Waals surface area contributed by atoms with E-state index >= 15 is 0 Å². The molecule has 0 fully saturated rings. The maximum Gasteiger partial charge on any atom is 0.257 e. The second kappa shape index (κ2) is 6.51. The lowest BCUT2D eigenvalue weighted by molar-refractivity contribution is 0.0949. The third kappa shape index (κ3) is 3.33. The van der Waals surface area contributed by atoms with E-state index in [9.17, 15) is 23.2 Å². The number of carbonyl (C=O) groups is 2. The van der Waals surface area contributed by atoms with Crippen LogP contribution >= 0.6 is 0 Å². The molecule has 0 unspecified atom stereocenters. The van der Waals surface area contributed by atoms with Gasteiger partial charge in [0, 0.05) is 24.0 Å². The number of nitrogens with one attached hydrogen (secondary N) is 2. The largest absolute Gasteiger partial charge is 0.364 e. The van der Waals surface area contributed by atoms with Gasteiger partial charge in [-0.3, -0.25) is 14.4 Å². The zero-order chi connectivity index (χ0) is 17.1. The highest BCUT2D eigenvalue weighted by Crippen LogP contribution is 2.11. The number of H-pyrrole nitrogens is 1. The van der Waals surface area contributed by atoms with Gasteiger partial charge in [0.15, 0.2) is 17.4 Å². The molecule has 1 heterocycles. The number of aryl methyl sites for hydroxylation is 1. The van der Waals surface area contributed by atoms with E-state index in [4.69, 9.17) is 0 Å². The molecule has 0 spiro atoms. The van der Waals surface area contributed by atoms with Crippen LogP contribution in [0.3, 0.4) is 0 Å². The van der Waals surface area contributed by atoms with Crippen molar-refractivity contribution in [3.63, 3.8) is 0 Å². The Labute approximate surface area is 130 Å². The summed E-state index contributed by atoms with van der Waals surface area (Å²) in [6.45, 7) is 2.48. The van der Waals surface area contributed by atoms with Gasteiger partial charge in [0.05, 0.1) is 5.56 Å². The molecule has 2 N–H and O–H groups in total. The number of aromatic nitrogens is 1. The van der Waals surface area contributed by atoms with Crippen LogP contribution in [0.4, 0.5) is 8.78 Å². The average molecular weight is 320 g/mol. The van der Waals surface area contributed by atoms with Gasteiger partial charge < -0.3 is 10.3 Å². The lowest BCUT2D eigenvalue weighted by atomic mass is 10.1.